The summed E-state index contributed by atoms with van der Waals surface area (Å²) in [4.78, 5) is 0. The van der Waals surface area contributed by atoms with E-state index in [9.17, 15) is 5.11 Å². The minimum absolute atomic E-state index is 0.673. The van der Waals surface area contributed by atoms with Crippen LogP contribution in [0.25, 0.3) is 0 Å². The average molecular weight is 217 g/mol. The Morgan fingerprint density at radius 2 is 1.46 bits per heavy atom. The van der Waals surface area contributed by atoms with E-state index in [2.05, 4.69) is 43.9 Å². The van der Waals surface area contributed by atoms with E-state index in [1.54, 1.807) is 6.21 Å². The SMILES string of the molecule is CC(O)(C=N[Si](C)(C)C)[Si](C)(C)C. The number of hydrogen-bond acceptors (Lipinski definition) is 2. The Labute approximate surface area is 84.2 Å². The predicted octanol–water partition coefficient (Wildman–Crippen LogP) is 2.52. The average Bonchev–Trinajstić information content (AvgIpc) is 1.79. The van der Waals surface area contributed by atoms with Gasteiger partial charge in [-0.2, -0.15) is 0 Å². The Balaban J connectivity index is 4.62. The van der Waals surface area contributed by atoms with Crippen LogP contribution in [0, 0.1) is 0 Å². The van der Waals surface area contributed by atoms with E-state index < -0.39 is 21.5 Å². The summed E-state index contributed by atoms with van der Waals surface area (Å²) >= 11 is 0. The van der Waals surface area contributed by atoms with Crippen molar-refractivity contribution in [3.05, 3.63) is 0 Å². The molecule has 2 nitrogen and oxygen atoms in total. The molecule has 0 saturated heterocycles. The largest absolute Gasteiger partial charge is 0.388 e. The lowest BCUT2D eigenvalue weighted by Crippen LogP contribution is -2.51. The molecule has 0 aromatic rings. The smallest absolute Gasteiger partial charge is 0.171 e. The van der Waals surface area contributed by atoms with Gasteiger partial charge in [-0.3, -0.25) is 0 Å². The summed E-state index contributed by atoms with van der Waals surface area (Å²) < 4.78 is 4.49. The Morgan fingerprint density at radius 3 is 1.69 bits per heavy atom. The van der Waals surface area contributed by atoms with Gasteiger partial charge in [0.05, 0.1) is 13.3 Å². The fourth-order valence-electron chi connectivity index (χ4n) is 0.513. The number of aliphatic hydroxyl groups is 1. The van der Waals surface area contributed by atoms with Crippen molar-refractivity contribution in [2.75, 3.05) is 0 Å². The number of rotatable bonds is 3. The molecular weight excluding hydrogens is 194 g/mol. The van der Waals surface area contributed by atoms with Crippen molar-refractivity contribution in [1.82, 2.24) is 0 Å². The normalized spacial score (nSPS) is 19.1. The maximum absolute atomic E-state index is 10.1. The lowest BCUT2D eigenvalue weighted by Gasteiger charge is -2.32. The van der Waals surface area contributed by atoms with Crippen LogP contribution < -0.4 is 0 Å². The molecule has 0 saturated carbocycles. The third kappa shape index (κ3) is 4.73. The zero-order valence-electron chi connectivity index (χ0n) is 9.97. The summed E-state index contributed by atoms with van der Waals surface area (Å²) in [5, 5.41) is 9.48. The second kappa shape index (κ2) is 3.67. The molecule has 0 aliphatic carbocycles. The van der Waals surface area contributed by atoms with Gasteiger partial charge in [0.25, 0.3) is 0 Å². The summed E-state index contributed by atoms with van der Waals surface area (Å²) in [6, 6.07) is 0. The minimum Gasteiger partial charge on any atom is -0.388 e. The molecular formula is C9H23NOSi2. The summed E-state index contributed by atoms with van der Waals surface area (Å²) in [5.41, 5.74) is 0. The van der Waals surface area contributed by atoms with E-state index in [0.29, 0.717) is 0 Å². The molecule has 1 atom stereocenters. The van der Waals surface area contributed by atoms with Gasteiger partial charge in [-0.1, -0.05) is 19.6 Å². The van der Waals surface area contributed by atoms with Crippen molar-refractivity contribution in [3.8, 4) is 0 Å². The monoisotopic (exact) mass is 217 g/mol. The van der Waals surface area contributed by atoms with Crippen molar-refractivity contribution in [1.29, 1.82) is 0 Å². The maximum atomic E-state index is 10.1. The van der Waals surface area contributed by atoms with E-state index >= 15 is 0 Å². The van der Waals surface area contributed by atoms with Gasteiger partial charge in [-0.05, 0) is 26.6 Å². The van der Waals surface area contributed by atoms with Gasteiger partial charge in [0, 0.05) is 6.21 Å². The van der Waals surface area contributed by atoms with Crippen LogP contribution in [0.1, 0.15) is 6.92 Å². The first-order chi connectivity index (χ1) is 5.46. The molecule has 4 heteroatoms. The maximum Gasteiger partial charge on any atom is 0.171 e. The third-order valence-electron chi connectivity index (χ3n) is 2.22. The molecule has 0 amide bonds. The predicted molar refractivity (Wildman–Crippen MR) is 65.8 cm³/mol. The molecule has 0 heterocycles. The fraction of sp³-hybridized carbons (Fsp3) is 0.889. The molecule has 0 fully saturated rings. The summed E-state index contributed by atoms with van der Waals surface area (Å²) in [5.74, 6) is 0. The highest BCUT2D eigenvalue weighted by molar-refractivity contribution is 6.82. The van der Waals surface area contributed by atoms with Crippen LogP contribution in [-0.4, -0.2) is 32.9 Å². The van der Waals surface area contributed by atoms with Crippen LogP contribution in [0.4, 0.5) is 0 Å². The Bertz CT molecular complexity index is 199. The van der Waals surface area contributed by atoms with Crippen molar-refractivity contribution >= 4 is 22.5 Å². The molecule has 0 spiro atoms. The number of hydrogen-bond donors (Lipinski definition) is 1. The molecule has 0 rings (SSSR count). The summed E-state index contributed by atoms with van der Waals surface area (Å²) in [6.45, 7) is 14.9. The molecule has 1 unspecified atom stereocenters. The van der Waals surface area contributed by atoms with E-state index in [1.807, 2.05) is 6.92 Å². The van der Waals surface area contributed by atoms with Gasteiger partial charge in [-0.15, -0.1) is 0 Å². The second-order valence-electron chi connectivity index (χ2n) is 5.83. The fourth-order valence-corrected chi connectivity index (χ4v) is 1.73. The minimum atomic E-state index is -1.56. The molecule has 0 aliphatic rings. The van der Waals surface area contributed by atoms with Crippen molar-refractivity contribution in [2.45, 2.75) is 51.4 Å². The van der Waals surface area contributed by atoms with E-state index in [0.717, 1.165) is 0 Å². The zero-order valence-corrected chi connectivity index (χ0v) is 12.0. The van der Waals surface area contributed by atoms with E-state index in [1.165, 1.54) is 0 Å². The highest BCUT2D eigenvalue weighted by Crippen LogP contribution is 2.18. The van der Waals surface area contributed by atoms with Gasteiger partial charge in [0.2, 0.25) is 0 Å². The second-order valence-corrected chi connectivity index (χ2v) is 15.9. The van der Waals surface area contributed by atoms with Crippen LogP contribution in [0.15, 0.2) is 4.66 Å². The standard InChI is InChI=1S/C9H23NOSi2/c1-9(11,12(2,3)4)8-10-13(5,6)7/h8,11H,1-7H3. The quantitative estimate of drug-likeness (QED) is 0.572. The van der Waals surface area contributed by atoms with Gasteiger partial charge in [-0.25, -0.2) is 0 Å². The van der Waals surface area contributed by atoms with E-state index in [-0.39, 0.29) is 0 Å². The first-order valence-electron chi connectivity index (χ1n) is 4.74. The van der Waals surface area contributed by atoms with Crippen LogP contribution in [0.2, 0.25) is 39.3 Å². The highest BCUT2D eigenvalue weighted by atomic mass is 28.3. The van der Waals surface area contributed by atoms with Crippen LogP contribution in [-0.2, 0) is 0 Å². The van der Waals surface area contributed by atoms with E-state index in [4.69, 9.17) is 0 Å². The zero-order chi connectivity index (χ0) is 10.9. The van der Waals surface area contributed by atoms with Gasteiger partial charge < -0.3 is 9.76 Å². The third-order valence-corrected chi connectivity index (χ3v) is 6.29. The summed E-state index contributed by atoms with van der Waals surface area (Å²) in [7, 11) is -2.97. The van der Waals surface area contributed by atoms with Crippen molar-refractivity contribution in [3.63, 3.8) is 0 Å². The molecule has 78 valence electrons. The van der Waals surface area contributed by atoms with Gasteiger partial charge in [0.1, 0.15) is 0 Å². The first kappa shape index (κ1) is 13.1. The van der Waals surface area contributed by atoms with Gasteiger partial charge >= 0.3 is 0 Å². The molecule has 0 bridgehead atoms. The van der Waals surface area contributed by atoms with Crippen LogP contribution in [0.3, 0.4) is 0 Å². The molecule has 0 radical (unpaired) electrons. The summed E-state index contributed by atoms with van der Waals surface area (Å²) in [6.07, 6.45) is 1.78. The molecule has 13 heavy (non-hydrogen) atoms. The topological polar surface area (TPSA) is 32.6 Å². The lowest BCUT2D eigenvalue weighted by atomic mass is 10.4. The molecule has 0 aliphatic heterocycles. The highest BCUT2D eigenvalue weighted by Gasteiger charge is 2.35. The van der Waals surface area contributed by atoms with Crippen molar-refractivity contribution in [2.24, 2.45) is 4.66 Å². The Kier molecular flexibility index (Phi) is 3.69. The van der Waals surface area contributed by atoms with Gasteiger partial charge in [0.15, 0.2) is 8.24 Å². The lowest BCUT2D eigenvalue weighted by molar-refractivity contribution is 0.212. The Hall–Kier alpha value is 0.0638. The van der Waals surface area contributed by atoms with Crippen LogP contribution in [0.5, 0.6) is 0 Å². The first-order valence-corrected chi connectivity index (χ1v) is 11.7. The molecule has 0 aromatic heterocycles. The molecule has 0 aromatic carbocycles. The molecule has 1 N–H and O–H groups in total. The van der Waals surface area contributed by atoms with Crippen LogP contribution >= 0.6 is 0 Å². The Morgan fingerprint density at radius 1 is 1.08 bits per heavy atom. The number of nitrogens with zero attached hydrogens (tertiary/aromatic N) is 1. The van der Waals surface area contributed by atoms with Crippen molar-refractivity contribution < 1.29 is 5.11 Å².